The highest BCUT2D eigenvalue weighted by molar-refractivity contribution is 7.13. The summed E-state index contributed by atoms with van der Waals surface area (Å²) in [6, 6.07) is 3.80. The number of carbonyl (C=O) groups is 1. The zero-order chi connectivity index (χ0) is 13.8. The molecular weight excluding hydrogens is 266 g/mol. The SMILES string of the molecule is COC(Cn1nc(-c2cccs2)c(C=O)c1N)OC. The molecule has 0 atom stereocenters. The van der Waals surface area contributed by atoms with Crippen LogP contribution >= 0.6 is 11.3 Å². The van der Waals surface area contributed by atoms with E-state index in [4.69, 9.17) is 15.2 Å². The van der Waals surface area contributed by atoms with Gasteiger partial charge in [0.1, 0.15) is 11.5 Å². The van der Waals surface area contributed by atoms with Crippen molar-refractivity contribution in [3.05, 3.63) is 23.1 Å². The largest absolute Gasteiger partial charge is 0.383 e. The highest BCUT2D eigenvalue weighted by Gasteiger charge is 2.19. The van der Waals surface area contributed by atoms with Gasteiger partial charge in [0.2, 0.25) is 0 Å². The molecule has 2 heterocycles. The maximum atomic E-state index is 11.2. The fourth-order valence-electron chi connectivity index (χ4n) is 1.73. The number of anilines is 1. The van der Waals surface area contributed by atoms with Crippen LogP contribution in [0.25, 0.3) is 10.6 Å². The fourth-order valence-corrected chi connectivity index (χ4v) is 2.45. The third kappa shape index (κ3) is 2.67. The minimum absolute atomic E-state index is 0.317. The van der Waals surface area contributed by atoms with Gasteiger partial charge < -0.3 is 15.2 Å². The number of carbonyl (C=O) groups excluding carboxylic acids is 1. The average Bonchev–Trinajstić information content (AvgIpc) is 3.04. The number of nitrogens with zero attached hydrogens (tertiary/aromatic N) is 2. The lowest BCUT2D eigenvalue weighted by Gasteiger charge is -2.13. The van der Waals surface area contributed by atoms with Gasteiger partial charge in [-0.15, -0.1) is 11.3 Å². The van der Waals surface area contributed by atoms with E-state index in [2.05, 4.69) is 5.10 Å². The van der Waals surface area contributed by atoms with Gasteiger partial charge in [0.25, 0.3) is 0 Å². The molecule has 0 bridgehead atoms. The van der Waals surface area contributed by atoms with E-state index in [1.165, 1.54) is 30.2 Å². The zero-order valence-corrected chi connectivity index (χ0v) is 11.5. The van der Waals surface area contributed by atoms with Gasteiger partial charge in [-0.2, -0.15) is 5.10 Å². The first-order valence-electron chi connectivity index (χ1n) is 5.62. The molecular formula is C12H15N3O3S. The summed E-state index contributed by atoms with van der Waals surface area (Å²) in [5.41, 5.74) is 6.93. The molecule has 0 aromatic carbocycles. The van der Waals surface area contributed by atoms with E-state index in [1.54, 1.807) is 0 Å². The third-order valence-electron chi connectivity index (χ3n) is 2.75. The van der Waals surface area contributed by atoms with Gasteiger partial charge in [-0.05, 0) is 11.4 Å². The molecule has 0 fully saturated rings. The van der Waals surface area contributed by atoms with E-state index in [-0.39, 0.29) is 0 Å². The van der Waals surface area contributed by atoms with Crippen molar-refractivity contribution in [3.63, 3.8) is 0 Å². The van der Waals surface area contributed by atoms with Gasteiger partial charge in [-0.25, -0.2) is 4.68 Å². The topological polar surface area (TPSA) is 79.4 Å². The number of rotatable bonds is 6. The van der Waals surface area contributed by atoms with Crippen molar-refractivity contribution < 1.29 is 14.3 Å². The number of nitrogen functional groups attached to an aromatic ring is 1. The summed E-state index contributed by atoms with van der Waals surface area (Å²) in [4.78, 5) is 12.1. The first-order chi connectivity index (χ1) is 9.21. The second kappa shape index (κ2) is 5.96. The van der Waals surface area contributed by atoms with E-state index in [9.17, 15) is 4.79 Å². The van der Waals surface area contributed by atoms with E-state index < -0.39 is 6.29 Å². The Morgan fingerprint density at radius 2 is 2.26 bits per heavy atom. The Morgan fingerprint density at radius 1 is 1.53 bits per heavy atom. The predicted octanol–water partition coefficient (Wildman–Crippen LogP) is 1.63. The number of ether oxygens (including phenoxy) is 2. The number of nitrogens with two attached hydrogens (primary N) is 1. The average molecular weight is 281 g/mol. The molecule has 2 rings (SSSR count). The van der Waals surface area contributed by atoms with Crippen molar-refractivity contribution in [3.8, 4) is 10.6 Å². The number of aldehydes is 1. The van der Waals surface area contributed by atoms with Crippen molar-refractivity contribution >= 4 is 23.4 Å². The molecule has 102 valence electrons. The van der Waals surface area contributed by atoms with E-state index >= 15 is 0 Å². The summed E-state index contributed by atoms with van der Waals surface area (Å²) < 4.78 is 11.7. The Balaban J connectivity index is 2.39. The lowest BCUT2D eigenvalue weighted by molar-refractivity contribution is -0.112. The number of thiophene rings is 1. The number of methoxy groups -OCH3 is 2. The maximum absolute atomic E-state index is 11.2. The van der Waals surface area contributed by atoms with E-state index in [0.717, 1.165) is 11.2 Å². The molecule has 0 saturated heterocycles. The molecule has 0 unspecified atom stereocenters. The summed E-state index contributed by atoms with van der Waals surface area (Å²) in [5.74, 6) is 0.317. The molecule has 0 aliphatic heterocycles. The van der Waals surface area contributed by atoms with Gasteiger partial charge in [0, 0.05) is 14.2 Å². The molecule has 7 heteroatoms. The second-order valence-corrected chi connectivity index (χ2v) is 4.77. The monoisotopic (exact) mass is 281 g/mol. The Labute approximate surface area is 114 Å². The first kappa shape index (κ1) is 13.7. The Hall–Kier alpha value is -1.70. The maximum Gasteiger partial charge on any atom is 0.176 e. The van der Waals surface area contributed by atoms with Crippen molar-refractivity contribution in [2.24, 2.45) is 0 Å². The fraction of sp³-hybridized carbons (Fsp3) is 0.333. The highest BCUT2D eigenvalue weighted by Crippen LogP contribution is 2.29. The molecule has 0 amide bonds. The molecule has 0 aliphatic rings. The predicted molar refractivity (Wildman–Crippen MR) is 73.1 cm³/mol. The highest BCUT2D eigenvalue weighted by atomic mass is 32.1. The molecule has 0 spiro atoms. The van der Waals surface area contributed by atoms with Crippen molar-refractivity contribution in [1.29, 1.82) is 0 Å². The van der Waals surface area contributed by atoms with Crippen molar-refractivity contribution in [1.82, 2.24) is 9.78 Å². The van der Waals surface area contributed by atoms with Gasteiger partial charge in [-0.3, -0.25) is 4.79 Å². The van der Waals surface area contributed by atoms with Crippen LogP contribution in [0.4, 0.5) is 5.82 Å². The molecule has 2 N–H and O–H groups in total. The molecule has 0 saturated carbocycles. The molecule has 6 nitrogen and oxygen atoms in total. The summed E-state index contributed by atoms with van der Waals surface area (Å²) >= 11 is 1.51. The summed E-state index contributed by atoms with van der Waals surface area (Å²) in [7, 11) is 3.07. The molecule has 2 aromatic rings. The number of hydrogen-bond acceptors (Lipinski definition) is 6. The van der Waals surface area contributed by atoms with Crippen LogP contribution < -0.4 is 5.73 Å². The first-order valence-corrected chi connectivity index (χ1v) is 6.50. The lowest BCUT2D eigenvalue weighted by Crippen LogP contribution is -2.22. The lowest BCUT2D eigenvalue weighted by atomic mass is 10.2. The van der Waals surface area contributed by atoms with Crippen molar-refractivity contribution in [2.75, 3.05) is 20.0 Å². The standard InChI is InChI=1S/C12H15N3O3S/c1-17-10(18-2)6-15-12(13)8(7-16)11(14-15)9-4-3-5-19-9/h3-5,7,10H,6,13H2,1-2H3. The summed E-state index contributed by atoms with van der Waals surface area (Å²) in [6.45, 7) is 0.324. The van der Waals surface area contributed by atoms with E-state index in [0.29, 0.717) is 23.6 Å². The Kier molecular flexibility index (Phi) is 4.31. The molecule has 2 aromatic heterocycles. The van der Waals surface area contributed by atoms with Gasteiger partial charge in [0.15, 0.2) is 12.6 Å². The van der Waals surface area contributed by atoms with Crippen LogP contribution in [-0.2, 0) is 16.0 Å². The van der Waals surface area contributed by atoms with Crippen LogP contribution in [0.3, 0.4) is 0 Å². The Morgan fingerprint density at radius 3 is 2.79 bits per heavy atom. The van der Waals surface area contributed by atoms with Crippen LogP contribution in [0.5, 0.6) is 0 Å². The van der Waals surface area contributed by atoms with Gasteiger partial charge in [0.05, 0.1) is 17.0 Å². The minimum atomic E-state index is -0.460. The minimum Gasteiger partial charge on any atom is -0.383 e. The number of hydrogen-bond donors (Lipinski definition) is 1. The summed E-state index contributed by atoms with van der Waals surface area (Å²) in [6.07, 6.45) is 0.264. The molecule has 0 aliphatic carbocycles. The molecule has 19 heavy (non-hydrogen) atoms. The summed E-state index contributed by atoms with van der Waals surface area (Å²) in [5, 5.41) is 6.29. The van der Waals surface area contributed by atoms with Gasteiger partial charge in [-0.1, -0.05) is 6.07 Å². The van der Waals surface area contributed by atoms with Crippen LogP contribution in [0.2, 0.25) is 0 Å². The normalized spacial score (nSPS) is 11.1. The van der Waals surface area contributed by atoms with Crippen molar-refractivity contribution in [2.45, 2.75) is 12.8 Å². The third-order valence-corrected chi connectivity index (χ3v) is 3.63. The van der Waals surface area contributed by atoms with Crippen LogP contribution in [0, 0.1) is 0 Å². The smallest absolute Gasteiger partial charge is 0.176 e. The second-order valence-electron chi connectivity index (χ2n) is 3.83. The Bertz CT molecular complexity index is 547. The van der Waals surface area contributed by atoms with E-state index in [1.807, 2.05) is 17.5 Å². The quantitative estimate of drug-likeness (QED) is 0.643. The number of aromatic nitrogens is 2. The van der Waals surface area contributed by atoms with Gasteiger partial charge >= 0.3 is 0 Å². The van der Waals surface area contributed by atoms with Crippen LogP contribution in [0.15, 0.2) is 17.5 Å². The zero-order valence-electron chi connectivity index (χ0n) is 10.7. The molecule has 0 radical (unpaired) electrons. The van der Waals surface area contributed by atoms with Crippen LogP contribution in [0.1, 0.15) is 10.4 Å². The van der Waals surface area contributed by atoms with Crippen LogP contribution in [-0.4, -0.2) is 36.6 Å².